The summed E-state index contributed by atoms with van der Waals surface area (Å²) in [5.41, 5.74) is 5.20. The van der Waals surface area contributed by atoms with Gasteiger partial charge >= 0.3 is 12.1 Å². The zero-order valence-electron chi connectivity index (χ0n) is 18.2. The largest absolute Gasteiger partial charge is 0.490 e. The van der Waals surface area contributed by atoms with Gasteiger partial charge in [-0.15, -0.1) is 0 Å². The molecule has 0 bridgehead atoms. The van der Waals surface area contributed by atoms with Gasteiger partial charge in [-0.2, -0.15) is 0 Å². The summed E-state index contributed by atoms with van der Waals surface area (Å²) in [6.07, 6.45) is -0.776. The summed E-state index contributed by atoms with van der Waals surface area (Å²) in [6.45, 7) is 12.0. The summed E-state index contributed by atoms with van der Waals surface area (Å²) >= 11 is 0. The molecule has 29 heavy (non-hydrogen) atoms. The van der Waals surface area contributed by atoms with Crippen LogP contribution in [0.15, 0.2) is 12.1 Å². The van der Waals surface area contributed by atoms with Gasteiger partial charge < -0.3 is 30.0 Å². The number of carbonyl (C=O) groups is 2. The van der Waals surface area contributed by atoms with Crippen molar-refractivity contribution >= 4 is 17.8 Å². The number of nitrogens with two attached hydrogens (primary N) is 1. The molecular weight excluding hydrogens is 378 g/mol. The standard InChI is InChI=1S/C20H33N3O6/c1-7-26-15-12-14(13-16(27-8-2)17(15)28-9-3)22-18(24)23(11-10-21)19(25)29-20(4,5)6/h12-13H,7-11,21H2,1-6H3,(H,22,24). The van der Waals surface area contributed by atoms with Gasteiger partial charge in [0.2, 0.25) is 5.75 Å². The minimum absolute atomic E-state index is 0.00834. The summed E-state index contributed by atoms with van der Waals surface area (Å²) in [5.74, 6) is 1.32. The van der Waals surface area contributed by atoms with Gasteiger partial charge in [0.15, 0.2) is 11.5 Å². The van der Waals surface area contributed by atoms with Crippen LogP contribution in [0.4, 0.5) is 15.3 Å². The normalized spacial score (nSPS) is 10.9. The van der Waals surface area contributed by atoms with Crippen molar-refractivity contribution in [2.75, 3.05) is 38.2 Å². The number of benzene rings is 1. The number of ether oxygens (including phenoxy) is 4. The number of amides is 3. The van der Waals surface area contributed by atoms with Crippen LogP contribution in [0.3, 0.4) is 0 Å². The number of carbonyl (C=O) groups excluding carboxylic acids is 2. The molecule has 0 radical (unpaired) electrons. The monoisotopic (exact) mass is 411 g/mol. The van der Waals surface area contributed by atoms with Gasteiger partial charge in [0.05, 0.1) is 25.5 Å². The molecule has 0 saturated carbocycles. The summed E-state index contributed by atoms with van der Waals surface area (Å²) in [6, 6.07) is 2.56. The van der Waals surface area contributed by atoms with Crippen LogP contribution < -0.4 is 25.3 Å². The number of anilines is 1. The zero-order chi connectivity index (χ0) is 22.0. The Bertz CT molecular complexity index is 660. The van der Waals surface area contributed by atoms with E-state index in [0.29, 0.717) is 42.8 Å². The Labute approximate surface area is 172 Å². The highest BCUT2D eigenvalue weighted by Gasteiger charge is 2.27. The van der Waals surface area contributed by atoms with Gasteiger partial charge in [-0.05, 0) is 41.5 Å². The molecule has 0 fully saturated rings. The van der Waals surface area contributed by atoms with Crippen LogP contribution >= 0.6 is 0 Å². The molecule has 0 unspecified atom stereocenters. The molecular formula is C20H33N3O6. The molecule has 1 aromatic carbocycles. The van der Waals surface area contributed by atoms with Crippen molar-refractivity contribution in [3.8, 4) is 17.2 Å². The number of urea groups is 1. The van der Waals surface area contributed by atoms with E-state index in [1.807, 2.05) is 20.8 Å². The predicted octanol–water partition coefficient (Wildman–Crippen LogP) is 3.61. The molecule has 0 spiro atoms. The van der Waals surface area contributed by atoms with Gasteiger partial charge in [-0.25, -0.2) is 14.5 Å². The second-order valence-electron chi connectivity index (χ2n) is 6.95. The third-order valence-corrected chi connectivity index (χ3v) is 3.37. The fourth-order valence-corrected chi connectivity index (χ4v) is 2.37. The fraction of sp³-hybridized carbons (Fsp3) is 0.600. The Morgan fingerprint density at radius 3 is 1.93 bits per heavy atom. The van der Waals surface area contributed by atoms with E-state index in [0.717, 1.165) is 4.90 Å². The number of imide groups is 1. The zero-order valence-corrected chi connectivity index (χ0v) is 18.2. The van der Waals surface area contributed by atoms with Crippen molar-refractivity contribution in [2.24, 2.45) is 5.73 Å². The molecule has 0 aliphatic rings. The van der Waals surface area contributed by atoms with Crippen LogP contribution in [0.1, 0.15) is 41.5 Å². The Hall–Kier alpha value is -2.68. The Morgan fingerprint density at radius 2 is 1.52 bits per heavy atom. The van der Waals surface area contributed by atoms with E-state index in [2.05, 4.69) is 5.32 Å². The maximum absolute atomic E-state index is 12.7. The molecule has 0 atom stereocenters. The summed E-state index contributed by atoms with van der Waals surface area (Å²) in [7, 11) is 0. The maximum Gasteiger partial charge on any atom is 0.418 e. The molecule has 1 rings (SSSR count). The van der Waals surface area contributed by atoms with Crippen molar-refractivity contribution in [3.05, 3.63) is 12.1 Å². The van der Waals surface area contributed by atoms with Gasteiger partial charge in [0.25, 0.3) is 0 Å². The average molecular weight is 411 g/mol. The lowest BCUT2D eigenvalue weighted by Crippen LogP contribution is -2.45. The van der Waals surface area contributed by atoms with Crippen LogP contribution in [0.2, 0.25) is 0 Å². The lowest BCUT2D eigenvalue weighted by molar-refractivity contribution is 0.0337. The van der Waals surface area contributed by atoms with Crippen LogP contribution in [0, 0.1) is 0 Å². The lowest BCUT2D eigenvalue weighted by Gasteiger charge is -2.26. The third kappa shape index (κ3) is 7.69. The second kappa shape index (κ2) is 11.4. The third-order valence-electron chi connectivity index (χ3n) is 3.37. The molecule has 1 aromatic rings. The van der Waals surface area contributed by atoms with E-state index in [1.165, 1.54) is 0 Å². The SMILES string of the molecule is CCOc1cc(NC(=O)N(CCN)C(=O)OC(C)(C)C)cc(OCC)c1OCC. The Kier molecular flexibility index (Phi) is 9.54. The molecule has 9 nitrogen and oxygen atoms in total. The van der Waals surface area contributed by atoms with Gasteiger partial charge in [0, 0.05) is 25.2 Å². The van der Waals surface area contributed by atoms with Crippen LogP contribution in [0.25, 0.3) is 0 Å². The van der Waals surface area contributed by atoms with Crippen LogP contribution in [-0.2, 0) is 4.74 Å². The number of hydrogen-bond acceptors (Lipinski definition) is 7. The fourth-order valence-electron chi connectivity index (χ4n) is 2.37. The smallest absolute Gasteiger partial charge is 0.418 e. The molecule has 0 aliphatic heterocycles. The number of nitrogens with one attached hydrogen (secondary N) is 1. The number of nitrogens with zero attached hydrogens (tertiary/aromatic N) is 1. The van der Waals surface area contributed by atoms with E-state index >= 15 is 0 Å². The predicted molar refractivity (Wildman–Crippen MR) is 111 cm³/mol. The molecule has 0 aliphatic carbocycles. The Morgan fingerprint density at radius 1 is 1.00 bits per heavy atom. The van der Waals surface area contributed by atoms with Crippen molar-refractivity contribution in [1.82, 2.24) is 4.90 Å². The summed E-state index contributed by atoms with van der Waals surface area (Å²) in [4.78, 5) is 26.0. The number of rotatable bonds is 9. The van der Waals surface area contributed by atoms with E-state index < -0.39 is 17.7 Å². The molecule has 0 saturated heterocycles. The molecule has 0 aromatic heterocycles. The van der Waals surface area contributed by atoms with Crippen molar-refractivity contribution in [2.45, 2.75) is 47.1 Å². The van der Waals surface area contributed by atoms with E-state index in [1.54, 1.807) is 32.9 Å². The van der Waals surface area contributed by atoms with Crippen molar-refractivity contribution in [1.29, 1.82) is 0 Å². The first kappa shape index (κ1) is 24.4. The molecule has 3 amide bonds. The van der Waals surface area contributed by atoms with E-state index in [9.17, 15) is 9.59 Å². The maximum atomic E-state index is 12.7. The summed E-state index contributed by atoms with van der Waals surface area (Å²) < 4.78 is 22.2. The first-order valence-electron chi connectivity index (χ1n) is 9.74. The van der Waals surface area contributed by atoms with Crippen LogP contribution in [-0.4, -0.2) is 55.5 Å². The quantitative estimate of drug-likeness (QED) is 0.638. The van der Waals surface area contributed by atoms with E-state index in [-0.39, 0.29) is 13.1 Å². The first-order chi connectivity index (χ1) is 13.7. The highest BCUT2D eigenvalue weighted by Crippen LogP contribution is 2.40. The Balaban J connectivity index is 3.17. The van der Waals surface area contributed by atoms with E-state index in [4.69, 9.17) is 24.7 Å². The molecule has 0 heterocycles. The average Bonchev–Trinajstić information content (AvgIpc) is 2.61. The van der Waals surface area contributed by atoms with Crippen molar-refractivity contribution in [3.63, 3.8) is 0 Å². The molecule has 3 N–H and O–H groups in total. The molecule has 9 heteroatoms. The summed E-state index contributed by atoms with van der Waals surface area (Å²) in [5, 5.41) is 2.68. The van der Waals surface area contributed by atoms with Gasteiger partial charge in [0.1, 0.15) is 5.60 Å². The molecule has 164 valence electrons. The number of hydrogen-bond donors (Lipinski definition) is 2. The second-order valence-corrected chi connectivity index (χ2v) is 6.95. The highest BCUT2D eigenvalue weighted by atomic mass is 16.6. The minimum Gasteiger partial charge on any atom is -0.490 e. The van der Waals surface area contributed by atoms with Gasteiger partial charge in [-0.1, -0.05) is 0 Å². The van der Waals surface area contributed by atoms with Gasteiger partial charge in [-0.3, -0.25) is 0 Å². The lowest BCUT2D eigenvalue weighted by atomic mass is 10.2. The first-order valence-corrected chi connectivity index (χ1v) is 9.74. The topological polar surface area (TPSA) is 112 Å². The highest BCUT2D eigenvalue weighted by molar-refractivity contribution is 5.99. The van der Waals surface area contributed by atoms with Crippen LogP contribution in [0.5, 0.6) is 17.2 Å². The van der Waals surface area contributed by atoms with Crippen molar-refractivity contribution < 1.29 is 28.5 Å². The minimum atomic E-state index is -0.776.